The minimum Gasteiger partial charge on any atom is -0.342 e. The first kappa shape index (κ1) is 17.8. The number of hydrogen-bond donors (Lipinski definition) is 1. The van der Waals surface area contributed by atoms with Crippen molar-refractivity contribution < 1.29 is 4.79 Å². The molecule has 1 aliphatic rings. The van der Waals surface area contributed by atoms with Crippen LogP contribution >= 0.6 is 0 Å². The zero-order valence-electron chi connectivity index (χ0n) is 15.3. The minimum atomic E-state index is -0.0413. The highest BCUT2D eigenvalue weighted by Gasteiger charge is 2.28. The largest absolute Gasteiger partial charge is 0.342 e. The van der Waals surface area contributed by atoms with Gasteiger partial charge in [0.15, 0.2) is 0 Å². The molecule has 1 aliphatic heterocycles. The summed E-state index contributed by atoms with van der Waals surface area (Å²) in [7, 11) is 0. The van der Waals surface area contributed by atoms with Crippen LogP contribution in [0.4, 0.5) is 0 Å². The molecule has 0 aliphatic carbocycles. The van der Waals surface area contributed by atoms with Crippen molar-refractivity contribution in [2.75, 3.05) is 13.1 Å². The highest BCUT2D eigenvalue weighted by Crippen LogP contribution is 2.26. The van der Waals surface area contributed by atoms with E-state index in [0.29, 0.717) is 5.91 Å². The molecule has 1 fully saturated rings. The van der Waals surface area contributed by atoms with Crippen molar-refractivity contribution in [2.45, 2.75) is 58.4 Å². The standard InChI is InChI=1S/C20H29N3O2/c1-3-5-8-15(4-2)19(24)22-13-11-16(12-14-22)23-18-10-7-6-9-17(18)21-20(23)25/h6-7,9-10,15-16H,3-5,8,11-14H2,1-2H3,(H,21,25). The normalized spacial score (nSPS) is 17.1. The third-order valence-electron chi connectivity index (χ3n) is 5.51. The Morgan fingerprint density at radius 3 is 2.64 bits per heavy atom. The van der Waals surface area contributed by atoms with Crippen LogP contribution in [-0.2, 0) is 4.79 Å². The maximum atomic E-state index is 12.8. The summed E-state index contributed by atoms with van der Waals surface area (Å²) >= 11 is 0. The van der Waals surface area contributed by atoms with Crippen molar-refractivity contribution in [2.24, 2.45) is 5.92 Å². The average Bonchev–Trinajstić information content (AvgIpc) is 2.98. The molecular formula is C20H29N3O2. The van der Waals surface area contributed by atoms with Crippen LogP contribution in [0.3, 0.4) is 0 Å². The number of benzene rings is 1. The number of aromatic amines is 1. The topological polar surface area (TPSA) is 58.1 Å². The average molecular weight is 343 g/mol. The second kappa shape index (κ2) is 7.89. The summed E-state index contributed by atoms with van der Waals surface area (Å²) in [6, 6.07) is 7.99. The Morgan fingerprint density at radius 1 is 1.24 bits per heavy atom. The summed E-state index contributed by atoms with van der Waals surface area (Å²) in [5, 5.41) is 0. The molecule has 1 atom stereocenters. The first-order chi connectivity index (χ1) is 12.2. The van der Waals surface area contributed by atoms with Gasteiger partial charge in [-0.05, 0) is 37.8 Å². The van der Waals surface area contributed by atoms with Crippen LogP contribution in [0.15, 0.2) is 29.1 Å². The number of aromatic nitrogens is 2. The fraction of sp³-hybridized carbons (Fsp3) is 0.600. The molecular weight excluding hydrogens is 314 g/mol. The summed E-state index contributed by atoms with van der Waals surface area (Å²) in [4.78, 5) is 30.1. The lowest BCUT2D eigenvalue weighted by Gasteiger charge is -2.34. The summed E-state index contributed by atoms with van der Waals surface area (Å²) < 4.78 is 1.88. The fourth-order valence-corrected chi connectivity index (χ4v) is 3.99. The number of rotatable bonds is 6. The van der Waals surface area contributed by atoms with Crippen molar-refractivity contribution >= 4 is 16.9 Å². The van der Waals surface area contributed by atoms with Crippen LogP contribution in [0, 0.1) is 5.92 Å². The number of carbonyl (C=O) groups is 1. The van der Waals surface area contributed by atoms with Gasteiger partial charge < -0.3 is 9.88 Å². The number of imidazole rings is 1. The van der Waals surface area contributed by atoms with E-state index >= 15 is 0 Å². The van der Waals surface area contributed by atoms with E-state index in [-0.39, 0.29) is 17.6 Å². The van der Waals surface area contributed by atoms with Crippen LogP contribution in [0.25, 0.3) is 11.0 Å². The van der Waals surface area contributed by atoms with Crippen molar-refractivity contribution in [3.8, 4) is 0 Å². The smallest absolute Gasteiger partial charge is 0.326 e. The molecule has 1 aromatic carbocycles. The molecule has 0 radical (unpaired) electrons. The highest BCUT2D eigenvalue weighted by atomic mass is 16.2. The molecule has 5 nitrogen and oxygen atoms in total. The molecule has 2 aromatic rings. The number of unbranched alkanes of at least 4 members (excludes halogenated alkanes) is 1. The molecule has 136 valence electrons. The molecule has 1 unspecified atom stereocenters. The van der Waals surface area contributed by atoms with E-state index in [1.54, 1.807) is 0 Å². The molecule has 0 saturated carbocycles. The molecule has 0 spiro atoms. The van der Waals surface area contributed by atoms with E-state index in [1.165, 1.54) is 0 Å². The van der Waals surface area contributed by atoms with Crippen molar-refractivity contribution in [3.05, 3.63) is 34.7 Å². The van der Waals surface area contributed by atoms with Gasteiger partial charge in [-0.1, -0.05) is 38.8 Å². The lowest BCUT2D eigenvalue weighted by Crippen LogP contribution is -2.43. The van der Waals surface area contributed by atoms with Gasteiger partial charge in [0.1, 0.15) is 0 Å². The van der Waals surface area contributed by atoms with Gasteiger partial charge in [-0.15, -0.1) is 0 Å². The van der Waals surface area contributed by atoms with Crippen molar-refractivity contribution in [1.82, 2.24) is 14.5 Å². The molecule has 1 amide bonds. The number of hydrogen-bond acceptors (Lipinski definition) is 2. The van der Waals surface area contributed by atoms with Crippen molar-refractivity contribution in [1.29, 1.82) is 0 Å². The molecule has 1 saturated heterocycles. The van der Waals surface area contributed by atoms with Crippen LogP contribution in [0.1, 0.15) is 58.4 Å². The quantitative estimate of drug-likeness (QED) is 0.869. The lowest BCUT2D eigenvalue weighted by molar-refractivity contribution is -0.137. The van der Waals surface area contributed by atoms with Gasteiger partial charge in [-0.2, -0.15) is 0 Å². The van der Waals surface area contributed by atoms with Gasteiger partial charge in [0.25, 0.3) is 0 Å². The van der Waals surface area contributed by atoms with E-state index < -0.39 is 0 Å². The number of likely N-dealkylation sites (tertiary alicyclic amines) is 1. The van der Waals surface area contributed by atoms with Crippen LogP contribution in [0.5, 0.6) is 0 Å². The van der Waals surface area contributed by atoms with Crippen LogP contribution < -0.4 is 5.69 Å². The zero-order chi connectivity index (χ0) is 17.8. The van der Waals surface area contributed by atoms with E-state index in [9.17, 15) is 9.59 Å². The van der Waals surface area contributed by atoms with Gasteiger partial charge in [0.2, 0.25) is 5.91 Å². The zero-order valence-corrected chi connectivity index (χ0v) is 15.3. The number of nitrogens with zero attached hydrogens (tertiary/aromatic N) is 2. The summed E-state index contributed by atoms with van der Waals surface area (Å²) in [6.45, 7) is 5.77. The molecule has 1 aromatic heterocycles. The lowest BCUT2D eigenvalue weighted by atomic mass is 9.95. The van der Waals surface area contributed by atoms with Gasteiger partial charge in [-0.3, -0.25) is 9.36 Å². The molecule has 3 rings (SSSR count). The first-order valence-electron chi connectivity index (χ1n) is 9.63. The van der Waals surface area contributed by atoms with Gasteiger partial charge >= 0.3 is 5.69 Å². The predicted octanol–water partition coefficient (Wildman–Crippen LogP) is 3.71. The Morgan fingerprint density at radius 2 is 1.96 bits per heavy atom. The van der Waals surface area contributed by atoms with Crippen LogP contribution in [-0.4, -0.2) is 33.4 Å². The summed E-state index contributed by atoms with van der Waals surface area (Å²) in [5.74, 6) is 0.466. The molecule has 2 heterocycles. The maximum absolute atomic E-state index is 12.8. The van der Waals surface area contributed by atoms with Gasteiger partial charge in [-0.25, -0.2) is 4.79 Å². The second-order valence-electron chi connectivity index (χ2n) is 7.12. The summed E-state index contributed by atoms with van der Waals surface area (Å²) in [5.41, 5.74) is 1.81. The summed E-state index contributed by atoms with van der Waals surface area (Å²) in [6.07, 6.45) is 5.85. The third-order valence-corrected chi connectivity index (χ3v) is 5.51. The number of fused-ring (bicyclic) bond motifs is 1. The van der Waals surface area contributed by atoms with E-state index in [4.69, 9.17) is 0 Å². The SMILES string of the molecule is CCCCC(CC)C(=O)N1CCC(n2c(=O)[nH]c3ccccc32)CC1. The Balaban J connectivity index is 1.68. The second-order valence-corrected chi connectivity index (χ2v) is 7.12. The molecule has 5 heteroatoms. The number of piperidine rings is 1. The van der Waals surface area contributed by atoms with Crippen LogP contribution in [0.2, 0.25) is 0 Å². The maximum Gasteiger partial charge on any atom is 0.326 e. The Labute approximate surface area is 149 Å². The predicted molar refractivity (Wildman–Crippen MR) is 101 cm³/mol. The van der Waals surface area contributed by atoms with Crippen molar-refractivity contribution in [3.63, 3.8) is 0 Å². The minimum absolute atomic E-state index is 0.0413. The first-order valence-corrected chi connectivity index (χ1v) is 9.63. The monoisotopic (exact) mass is 343 g/mol. The number of nitrogens with one attached hydrogen (secondary N) is 1. The Hall–Kier alpha value is -2.04. The molecule has 1 N–H and O–H groups in total. The number of H-pyrrole nitrogens is 1. The molecule has 0 bridgehead atoms. The van der Waals surface area contributed by atoms with E-state index in [1.807, 2.05) is 33.7 Å². The number of amides is 1. The molecule has 25 heavy (non-hydrogen) atoms. The third kappa shape index (κ3) is 3.65. The Kier molecular flexibility index (Phi) is 5.61. The number of para-hydroxylation sites is 2. The Bertz CT molecular complexity index is 769. The number of carbonyl (C=O) groups excluding carboxylic acids is 1. The van der Waals surface area contributed by atoms with Gasteiger partial charge in [0, 0.05) is 25.0 Å². The highest BCUT2D eigenvalue weighted by molar-refractivity contribution is 5.79. The fourth-order valence-electron chi connectivity index (χ4n) is 3.99. The van der Waals surface area contributed by atoms with E-state index in [2.05, 4.69) is 18.8 Å². The van der Waals surface area contributed by atoms with E-state index in [0.717, 1.165) is 62.6 Å². The van der Waals surface area contributed by atoms with Gasteiger partial charge in [0.05, 0.1) is 11.0 Å².